The molecule has 0 saturated heterocycles. The molecule has 0 fully saturated rings. The van der Waals surface area contributed by atoms with Crippen LogP contribution in [0.2, 0.25) is 0 Å². The first-order valence-corrected chi connectivity index (χ1v) is 16.7. The van der Waals surface area contributed by atoms with Crippen molar-refractivity contribution in [3.63, 3.8) is 0 Å². The molecule has 0 aliphatic heterocycles. The van der Waals surface area contributed by atoms with Gasteiger partial charge in [-0.05, 0) is 89.6 Å². The highest BCUT2D eigenvalue weighted by Gasteiger charge is 2.29. The summed E-state index contributed by atoms with van der Waals surface area (Å²) >= 11 is 0. The highest BCUT2D eigenvalue weighted by atomic mass is 16.5. The number of carbonyl (C=O) groups excluding carboxylic acids is 2. The van der Waals surface area contributed by atoms with Gasteiger partial charge in [-0.15, -0.1) is 0 Å². The number of aryl methyl sites for hydroxylation is 1. The summed E-state index contributed by atoms with van der Waals surface area (Å²) in [5, 5.41) is 0. The van der Waals surface area contributed by atoms with Crippen LogP contribution in [-0.2, 0) is 31.9 Å². The van der Waals surface area contributed by atoms with Gasteiger partial charge in [0.15, 0.2) is 0 Å². The molecule has 0 N–H and O–H groups in total. The van der Waals surface area contributed by atoms with Gasteiger partial charge in [0.25, 0.3) is 0 Å². The van der Waals surface area contributed by atoms with Gasteiger partial charge in [-0.1, -0.05) is 133 Å². The quantitative estimate of drug-likeness (QED) is 0.0852. The fraction of sp³-hybridized carbons (Fsp3) is 0.205. The van der Waals surface area contributed by atoms with E-state index in [1.54, 1.807) is 6.08 Å². The maximum absolute atomic E-state index is 12.3. The van der Waals surface area contributed by atoms with E-state index >= 15 is 0 Å². The number of carbonyl (C=O) groups is 2. The van der Waals surface area contributed by atoms with Crippen LogP contribution in [-0.4, -0.2) is 36.7 Å². The second-order valence-corrected chi connectivity index (χ2v) is 12.0. The number of hydrogen-bond acceptors (Lipinski definition) is 4. The molecule has 6 rings (SSSR count). The Balaban J connectivity index is 0.000000184. The third-order valence-electron chi connectivity index (χ3n) is 8.63. The molecule has 6 heteroatoms. The van der Waals surface area contributed by atoms with Crippen LogP contribution in [0.3, 0.4) is 0 Å². The van der Waals surface area contributed by atoms with Crippen molar-refractivity contribution >= 4 is 40.9 Å². The summed E-state index contributed by atoms with van der Waals surface area (Å²) in [4.78, 5) is 26.2. The van der Waals surface area contributed by atoms with E-state index in [1.165, 1.54) is 66.5 Å². The van der Waals surface area contributed by atoms with E-state index in [1.807, 2.05) is 72.8 Å². The third-order valence-corrected chi connectivity index (χ3v) is 8.63. The number of fused-ring (bicyclic) bond motifs is 2. The van der Waals surface area contributed by atoms with Crippen LogP contribution in [0.4, 0.5) is 0 Å². The largest absolute Gasteiger partial charge is 0.469 e. The van der Waals surface area contributed by atoms with Crippen molar-refractivity contribution in [1.82, 2.24) is 0 Å². The molecule has 4 aromatic rings. The molecule has 0 unspecified atom stereocenters. The van der Waals surface area contributed by atoms with E-state index in [2.05, 4.69) is 84.1 Å². The van der Waals surface area contributed by atoms with Gasteiger partial charge in [0, 0.05) is 6.08 Å². The Bertz CT molecular complexity index is 1920. The lowest BCUT2D eigenvalue weighted by atomic mass is 9.78. The predicted molar refractivity (Wildman–Crippen MR) is 203 cm³/mol. The van der Waals surface area contributed by atoms with Gasteiger partial charge in [-0.2, -0.15) is 4.79 Å². The summed E-state index contributed by atoms with van der Waals surface area (Å²) in [6, 6.07) is 36.5. The van der Waals surface area contributed by atoms with E-state index in [9.17, 15) is 9.59 Å². The summed E-state index contributed by atoms with van der Waals surface area (Å²) in [6.45, 7) is 4.30. The molecule has 2 atom stereocenters. The Kier molecular flexibility index (Phi) is 14.2. The molecular formula is C44H44N2O4. The second-order valence-electron chi connectivity index (χ2n) is 12.0. The Hall–Kier alpha value is -5.84. The molecule has 0 saturated carbocycles. The monoisotopic (exact) mass is 664 g/mol. The molecule has 2 aliphatic carbocycles. The minimum absolute atomic E-state index is 0.118. The first-order chi connectivity index (χ1) is 24.3. The molecule has 0 heterocycles. The molecule has 0 radical (unpaired) electrons. The van der Waals surface area contributed by atoms with Gasteiger partial charge in [-0.3, -0.25) is 4.79 Å². The molecule has 2 aliphatic rings. The molecule has 0 amide bonds. The molecule has 6 nitrogen and oxygen atoms in total. The van der Waals surface area contributed by atoms with E-state index < -0.39 is 5.97 Å². The van der Waals surface area contributed by atoms with Gasteiger partial charge >= 0.3 is 17.7 Å². The third kappa shape index (κ3) is 10.6. The van der Waals surface area contributed by atoms with Gasteiger partial charge in [-0.25, -0.2) is 4.79 Å². The maximum atomic E-state index is 12.3. The average Bonchev–Trinajstić information content (AvgIpc) is 3.16. The molecular weight excluding hydrogens is 620 g/mol. The van der Waals surface area contributed by atoms with E-state index in [4.69, 9.17) is 10.3 Å². The van der Waals surface area contributed by atoms with Crippen LogP contribution in [0.1, 0.15) is 53.6 Å². The Morgan fingerprint density at radius 1 is 0.740 bits per heavy atom. The minimum Gasteiger partial charge on any atom is -0.469 e. The maximum Gasteiger partial charge on any atom is 0.421 e. The SMILES string of the molecule is CC1=CCCc2ccccc21.COC(=O)C(/C=C/c1ccccc1)=[N+]=[N-].COC(=O)[C@H](/C=C/c1ccccc1)[C@@H]1C=C(C)c2ccccc2C1. The first-order valence-electron chi connectivity index (χ1n) is 16.7. The topological polar surface area (TPSA) is 89.0 Å². The summed E-state index contributed by atoms with van der Waals surface area (Å²) in [6.07, 6.45) is 14.8. The lowest BCUT2D eigenvalue weighted by Gasteiger charge is -2.26. The van der Waals surface area contributed by atoms with Gasteiger partial charge in [0.2, 0.25) is 0 Å². The van der Waals surface area contributed by atoms with Gasteiger partial charge < -0.3 is 15.0 Å². The minimum atomic E-state index is -0.676. The average molecular weight is 665 g/mol. The highest BCUT2D eigenvalue weighted by Crippen LogP contribution is 2.34. The number of allylic oxidation sites excluding steroid dienone is 4. The number of esters is 2. The zero-order valence-corrected chi connectivity index (χ0v) is 29.2. The van der Waals surface area contributed by atoms with Crippen molar-refractivity contribution in [2.75, 3.05) is 14.2 Å². The summed E-state index contributed by atoms with van der Waals surface area (Å²) in [5.41, 5.74) is 18.6. The Morgan fingerprint density at radius 2 is 1.30 bits per heavy atom. The molecule has 0 spiro atoms. The molecule has 254 valence electrons. The van der Waals surface area contributed by atoms with E-state index in [0.717, 1.165) is 17.5 Å². The van der Waals surface area contributed by atoms with Crippen LogP contribution in [0, 0.1) is 11.8 Å². The molecule has 4 aromatic carbocycles. The lowest BCUT2D eigenvalue weighted by Crippen LogP contribution is -2.26. The lowest BCUT2D eigenvalue weighted by molar-refractivity contribution is -0.144. The van der Waals surface area contributed by atoms with Crippen molar-refractivity contribution < 1.29 is 23.9 Å². The number of nitrogens with zero attached hydrogens (tertiary/aromatic N) is 2. The van der Waals surface area contributed by atoms with Crippen LogP contribution < -0.4 is 0 Å². The zero-order chi connectivity index (χ0) is 35.7. The number of ether oxygens (including phenoxy) is 2. The smallest absolute Gasteiger partial charge is 0.421 e. The number of hydrogen-bond donors (Lipinski definition) is 0. The van der Waals surface area contributed by atoms with Crippen molar-refractivity contribution in [1.29, 1.82) is 0 Å². The molecule has 50 heavy (non-hydrogen) atoms. The van der Waals surface area contributed by atoms with Gasteiger partial charge in [0.05, 0.1) is 20.1 Å². The fourth-order valence-electron chi connectivity index (χ4n) is 6.01. The van der Waals surface area contributed by atoms with Crippen molar-refractivity contribution in [3.05, 3.63) is 172 Å². The second kappa shape index (κ2) is 19.2. The number of benzene rings is 4. The molecule has 0 aromatic heterocycles. The van der Waals surface area contributed by atoms with Crippen molar-refractivity contribution in [3.8, 4) is 0 Å². The van der Waals surface area contributed by atoms with Crippen LogP contribution in [0.5, 0.6) is 0 Å². The van der Waals surface area contributed by atoms with Crippen molar-refractivity contribution in [2.24, 2.45) is 11.8 Å². The Labute approximate surface area is 295 Å². The normalized spacial score (nSPS) is 14.9. The highest BCUT2D eigenvalue weighted by molar-refractivity contribution is 6.39. The molecule has 0 bridgehead atoms. The number of rotatable bonds is 7. The van der Waals surface area contributed by atoms with Crippen LogP contribution in [0.25, 0.3) is 28.8 Å². The van der Waals surface area contributed by atoms with Crippen molar-refractivity contribution in [2.45, 2.75) is 33.1 Å². The zero-order valence-electron chi connectivity index (χ0n) is 29.2. The summed E-state index contributed by atoms with van der Waals surface area (Å²) < 4.78 is 9.47. The van der Waals surface area contributed by atoms with Crippen LogP contribution >= 0.6 is 0 Å². The summed E-state index contributed by atoms with van der Waals surface area (Å²) in [7, 11) is 2.68. The Morgan fingerprint density at radius 3 is 1.88 bits per heavy atom. The first kappa shape index (κ1) is 37.0. The summed E-state index contributed by atoms with van der Waals surface area (Å²) in [5.74, 6) is -1.02. The van der Waals surface area contributed by atoms with E-state index in [-0.39, 0.29) is 23.5 Å². The fourth-order valence-corrected chi connectivity index (χ4v) is 6.01. The standard InChI is InChI=1S/C22H22O2.C11H10N2O2.C11H12/c1-16-14-19(15-18-10-6-7-11-20(16)18)21(22(23)24-2)13-12-17-8-4-3-5-9-17;1-15-11(14)10(13-12)8-7-9-5-3-2-4-6-9;1-9-5-4-7-10-6-2-3-8-11(9)10/h3-14,19,21H,15H2,1-2H3;2-8H,1H3;2-3,5-6,8H,4,7H2,1H3/b13-12+;8-7+;/t19-,21-;;/m1../s1. The van der Waals surface area contributed by atoms with Crippen LogP contribution in [0.15, 0.2) is 133 Å². The van der Waals surface area contributed by atoms with Gasteiger partial charge in [0.1, 0.15) is 0 Å². The number of methoxy groups -OCH3 is 2. The predicted octanol–water partition coefficient (Wildman–Crippen LogP) is 9.34. The van der Waals surface area contributed by atoms with E-state index in [0.29, 0.717) is 0 Å².